The number of aryl methyl sites for hydroxylation is 2. The molecule has 1 N–H and O–H groups in total. The van der Waals surface area contributed by atoms with Crippen LogP contribution in [-0.4, -0.2) is 55.5 Å². The Morgan fingerprint density at radius 2 is 1.79 bits per heavy atom. The van der Waals surface area contributed by atoms with Crippen LogP contribution in [0, 0.1) is 0 Å². The Morgan fingerprint density at radius 3 is 2.41 bits per heavy atom. The summed E-state index contributed by atoms with van der Waals surface area (Å²) < 4.78 is 39.8. The largest absolute Gasteiger partial charge is 0.497 e. The van der Waals surface area contributed by atoms with Gasteiger partial charge in [-0.1, -0.05) is 13.8 Å². The van der Waals surface area contributed by atoms with Gasteiger partial charge in [0.1, 0.15) is 17.3 Å². The van der Waals surface area contributed by atoms with Crippen molar-refractivity contribution in [2.75, 3.05) is 32.6 Å². The summed E-state index contributed by atoms with van der Waals surface area (Å²) in [5, 5.41) is 2.87. The first-order chi connectivity index (χ1) is 16.3. The molecule has 0 spiro atoms. The second kappa shape index (κ2) is 10.9. The summed E-state index contributed by atoms with van der Waals surface area (Å²) in [4.78, 5) is 17.6. The fraction of sp³-hybridized carbons (Fsp3) is 0.417. The van der Waals surface area contributed by atoms with Gasteiger partial charge in [-0.05, 0) is 37.3 Å². The molecule has 0 unspecified atom stereocenters. The van der Waals surface area contributed by atoms with E-state index < -0.39 is 10.0 Å². The van der Waals surface area contributed by atoms with E-state index in [0.717, 1.165) is 11.3 Å². The zero-order valence-electron chi connectivity index (χ0n) is 20.3. The number of ether oxygens (including phenoxy) is 2. The Bertz CT molecular complexity index is 1270. The molecule has 10 heteroatoms. The van der Waals surface area contributed by atoms with Crippen LogP contribution >= 0.6 is 0 Å². The molecule has 3 rings (SSSR count). The molecule has 0 aliphatic rings. The Hall–Kier alpha value is -3.11. The Kier molecular flexibility index (Phi) is 8.16. The van der Waals surface area contributed by atoms with Gasteiger partial charge >= 0.3 is 0 Å². The van der Waals surface area contributed by atoms with Crippen LogP contribution in [0.4, 0.5) is 5.69 Å². The number of carbonyl (C=O) groups excluding carboxylic acids is 1. The van der Waals surface area contributed by atoms with Gasteiger partial charge in [0.15, 0.2) is 0 Å². The van der Waals surface area contributed by atoms with Crippen LogP contribution in [-0.2, 0) is 27.8 Å². The molecule has 1 aromatic heterocycles. The second-order valence-corrected chi connectivity index (χ2v) is 9.56. The van der Waals surface area contributed by atoms with Gasteiger partial charge in [-0.15, -0.1) is 0 Å². The zero-order chi connectivity index (χ0) is 24.9. The normalized spacial score (nSPS) is 11.7. The molecule has 1 amide bonds. The number of anilines is 1. The van der Waals surface area contributed by atoms with Crippen molar-refractivity contribution in [1.82, 2.24) is 13.9 Å². The maximum Gasteiger partial charge on any atom is 0.243 e. The number of hydrogen-bond donors (Lipinski definition) is 1. The number of fused-ring (bicyclic) bond motifs is 1. The minimum Gasteiger partial charge on any atom is -0.497 e. The van der Waals surface area contributed by atoms with E-state index in [1.165, 1.54) is 11.4 Å². The van der Waals surface area contributed by atoms with Gasteiger partial charge in [0.05, 0.1) is 35.8 Å². The number of methoxy groups -OCH3 is 2. The molecule has 1 heterocycles. The van der Waals surface area contributed by atoms with Crippen molar-refractivity contribution in [3.05, 3.63) is 42.2 Å². The van der Waals surface area contributed by atoms with Crippen molar-refractivity contribution < 1.29 is 22.7 Å². The molecule has 0 bridgehead atoms. The summed E-state index contributed by atoms with van der Waals surface area (Å²) in [5.74, 6) is 1.69. The number of hydrogen-bond acceptors (Lipinski definition) is 6. The zero-order valence-corrected chi connectivity index (χ0v) is 21.1. The highest BCUT2D eigenvalue weighted by atomic mass is 32.2. The predicted molar refractivity (Wildman–Crippen MR) is 132 cm³/mol. The summed E-state index contributed by atoms with van der Waals surface area (Å²) in [6, 6.07) is 10.2. The minimum atomic E-state index is -3.58. The van der Waals surface area contributed by atoms with Gasteiger partial charge in [0.25, 0.3) is 0 Å². The fourth-order valence-corrected chi connectivity index (χ4v) is 5.40. The van der Waals surface area contributed by atoms with E-state index in [-0.39, 0.29) is 17.2 Å². The highest BCUT2D eigenvalue weighted by Crippen LogP contribution is 2.29. The third-order valence-electron chi connectivity index (χ3n) is 5.71. The molecule has 0 atom stereocenters. The number of nitrogens with one attached hydrogen (secondary N) is 1. The number of sulfonamides is 1. The van der Waals surface area contributed by atoms with Crippen molar-refractivity contribution in [3.63, 3.8) is 0 Å². The monoisotopic (exact) mass is 488 g/mol. The maximum absolute atomic E-state index is 12.9. The second-order valence-electron chi connectivity index (χ2n) is 7.63. The molecule has 2 aromatic carbocycles. The molecule has 9 nitrogen and oxygen atoms in total. The number of benzene rings is 2. The molecule has 0 aliphatic heterocycles. The molecule has 0 saturated heterocycles. The van der Waals surface area contributed by atoms with Crippen LogP contribution in [0.5, 0.6) is 11.5 Å². The van der Waals surface area contributed by atoms with Crippen LogP contribution in [0.15, 0.2) is 41.3 Å². The predicted octanol–water partition coefficient (Wildman–Crippen LogP) is 3.68. The van der Waals surface area contributed by atoms with Crippen molar-refractivity contribution in [1.29, 1.82) is 0 Å². The smallest absolute Gasteiger partial charge is 0.243 e. The lowest BCUT2D eigenvalue weighted by Crippen LogP contribution is -2.30. The molecule has 34 heavy (non-hydrogen) atoms. The van der Waals surface area contributed by atoms with E-state index >= 15 is 0 Å². The van der Waals surface area contributed by atoms with Gasteiger partial charge in [-0.25, -0.2) is 13.4 Å². The summed E-state index contributed by atoms with van der Waals surface area (Å²) in [6.07, 6.45) is 0.604. The highest BCUT2D eigenvalue weighted by molar-refractivity contribution is 7.89. The summed E-state index contributed by atoms with van der Waals surface area (Å²) in [6.45, 7) is 7.08. The van der Waals surface area contributed by atoms with Gasteiger partial charge in [0.2, 0.25) is 15.9 Å². The third kappa shape index (κ3) is 5.18. The average Bonchev–Trinajstić information content (AvgIpc) is 3.20. The quantitative estimate of drug-likeness (QED) is 0.442. The molecule has 0 aliphatic carbocycles. The van der Waals surface area contributed by atoms with Gasteiger partial charge in [-0.2, -0.15) is 4.31 Å². The number of nitrogens with zero attached hydrogens (tertiary/aromatic N) is 3. The summed E-state index contributed by atoms with van der Waals surface area (Å²) in [7, 11) is -0.484. The molecule has 0 saturated carbocycles. The topological polar surface area (TPSA) is 103 Å². The first-order valence-corrected chi connectivity index (χ1v) is 12.7. The van der Waals surface area contributed by atoms with E-state index in [0.29, 0.717) is 48.8 Å². The van der Waals surface area contributed by atoms with E-state index in [4.69, 9.17) is 9.47 Å². The van der Waals surface area contributed by atoms with E-state index in [2.05, 4.69) is 10.3 Å². The van der Waals surface area contributed by atoms with Crippen LogP contribution in [0.25, 0.3) is 11.0 Å². The lowest BCUT2D eigenvalue weighted by molar-refractivity contribution is -0.116. The highest BCUT2D eigenvalue weighted by Gasteiger charge is 2.23. The number of aromatic nitrogens is 2. The molecule has 3 aromatic rings. The summed E-state index contributed by atoms with van der Waals surface area (Å²) >= 11 is 0. The van der Waals surface area contributed by atoms with Gasteiger partial charge in [0, 0.05) is 38.5 Å². The third-order valence-corrected chi connectivity index (χ3v) is 7.76. The fourth-order valence-electron chi connectivity index (χ4n) is 3.93. The maximum atomic E-state index is 12.9. The molecule has 184 valence electrons. The Labute approximate surface area is 200 Å². The lowest BCUT2D eigenvalue weighted by Gasteiger charge is -2.18. The average molecular weight is 489 g/mol. The molecule has 0 radical (unpaired) electrons. The number of rotatable bonds is 11. The van der Waals surface area contributed by atoms with Crippen LogP contribution in [0.3, 0.4) is 0 Å². The van der Waals surface area contributed by atoms with Crippen molar-refractivity contribution in [2.45, 2.75) is 45.1 Å². The standard InChI is InChI=1S/C24H32N4O5S/c1-6-27(7-2)34(30,31)18-10-11-21-19(16-18)25-23(28(21)8-3)13-14-24(29)26-20-15-17(32-4)9-12-22(20)33-5/h9-12,15-16H,6-8,13-14H2,1-5H3,(H,26,29). The van der Waals surface area contributed by atoms with Crippen LogP contribution in [0.2, 0.25) is 0 Å². The van der Waals surface area contributed by atoms with Crippen molar-refractivity contribution in [3.8, 4) is 11.5 Å². The van der Waals surface area contributed by atoms with Gasteiger partial charge < -0.3 is 19.4 Å². The number of amides is 1. The molecule has 0 fully saturated rings. The summed E-state index contributed by atoms with van der Waals surface area (Å²) in [5.41, 5.74) is 1.97. The first kappa shape index (κ1) is 25.5. The first-order valence-electron chi connectivity index (χ1n) is 11.3. The number of carbonyl (C=O) groups is 1. The Balaban J connectivity index is 1.82. The molecular weight excluding hydrogens is 456 g/mol. The Morgan fingerprint density at radius 1 is 1.06 bits per heavy atom. The van der Waals surface area contributed by atoms with Crippen LogP contribution in [0.1, 0.15) is 33.0 Å². The van der Waals surface area contributed by atoms with Crippen LogP contribution < -0.4 is 14.8 Å². The van der Waals surface area contributed by atoms with E-state index in [9.17, 15) is 13.2 Å². The lowest BCUT2D eigenvalue weighted by atomic mass is 10.2. The minimum absolute atomic E-state index is 0.189. The molecular formula is C24H32N4O5S. The van der Waals surface area contributed by atoms with Gasteiger partial charge in [-0.3, -0.25) is 4.79 Å². The van der Waals surface area contributed by atoms with E-state index in [1.54, 1.807) is 43.5 Å². The number of imidazole rings is 1. The van der Waals surface area contributed by atoms with Crippen molar-refractivity contribution >= 4 is 32.7 Å². The van der Waals surface area contributed by atoms with E-state index in [1.807, 2.05) is 25.3 Å². The SMILES string of the molecule is CCN(CC)S(=O)(=O)c1ccc2c(c1)nc(CCC(=O)Nc1cc(OC)ccc1OC)n2CC. The van der Waals surface area contributed by atoms with Crippen molar-refractivity contribution in [2.24, 2.45) is 0 Å².